The highest BCUT2D eigenvalue weighted by Crippen LogP contribution is 2.29. The van der Waals surface area contributed by atoms with E-state index < -0.39 is 0 Å². The van der Waals surface area contributed by atoms with Crippen LogP contribution < -0.4 is 5.32 Å². The molecule has 0 aliphatic heterocycles. The van der Waals surface area contributed by atoms with Crippen molar-refractivity contribution in [2.45, 2.75) is 26.7 Å². The van der Waals surface area contributed by atoms with Gasteiger partial charge in [0.2, 0.25) is 0 Å². The molecule has 1 amide bonds. The third kappa shape index (κ3) is 4.72. The van der Waals surface area contributed by atoms with Gasteiger partial charge in [0, 0.05) is 6.54 Å². The standard InChI is InChI=1S/C27H24Cl2N6O/c1-15-9-23-24(10-16(15)2)33-26(32-23)20(18-7-5-4-6-8-18)13-30-27(36)25-21(28)11-19(12-22(25)29)35-14-31-17(3)34-35/h4-12,14,20H,13H2,1-3H3,(H,30,36)(H,32,33)/t20-/m0/s1. The molecule has 5 aromatic rings. The van der Waals surface area contributed by atoms with Gasteiger partial charge >= 0.3 is 0 Å². The van der Waals surface area contributed by atoms with Crippen LogP contribution in [0.25, 0.3) is 16.7 Å². The van der Waals surface area contributed by atoms with E-state index in [9.17, 15) is 4.79 Å². The Balaban J connectivity index is 1.43. The number of carbonyl (C=O) groups excluding carboxylic acids is 1. The molecule has 2 N–H and O–H groups in total. The number of rotatable bonds is 6. The Labute approximate surface area is 218 Å². The smallest absolute Gasteiger partial charge is 0.254 e. The van der Waals surface area contributed by atoms with E-state index in [2.05, 4.69) is 46.4 Å². The quantitative estimate of drug-likeness (QED) is 0.291. The number of fused-ring (bicyclic) bond motifs is 1. The molecule has 36 heavy (non-hydrogen) atoms. The number of aromatic amines is 1. The van der Waals surface area contributed by atoms with Gasteiger partial charge < -0.3 is 10.3 Å². The minimum absolute atomic E-state index is 0.196. The number of aryl methyl sites for hydroxylation is 3. The fourth-order valence-corrected chi connectivity index (χ4v) is 4.82. The number of carbonyl (C=O) groups is 1. The topological polar surface area (TPSA) is 88.5 Å². The first-order valence-electron chi connectivity index (χ1n) is 11.5. The number of nitrogens with zero attached hydrogens (tertiary/aromatic N) is 4. The van der Waals surface area contributed by atoms with Crippen LogP contribution in [0.5, 0.6) is 0 Å². The molecular weight excluding hydrogens is 495 g/mol. The van der Waals surface area contributed by atoms with Gasteiger partial charge in [0.25, 0.3) is 5.91 Å². The van der Waals surface area contributed by atoms with Gasteiger partial charge in [-0.25, -0.2) is 14.6 Å². The van der Waals surface area contributed by atoms with E-state index in [0.717, 1.165) is 22.4 Å². The normalized spacial score (nSPS) is 12.1. The predicted octanol–water partition coefficient (Wildman–Crippen LogP) is 5.94. The zero-order chi connectivity index (χ0) is 25.4. The third-order valence-corrected chi connectivity index (χ3v) is 6.84. The van der Waals surface area contributed by atoms with Crippen molar-refractivity contribution in [1.29, 1.82) is 0 Å². The highest BCUT2D eigenvalue weighted by atomic mass is 35.5. The minimum Gasteiger partial charge on any atom is -0.351 e. The summed E-state index contributed by atoms with van der Waals surface area (Å²) < 4.78 is 1.56. The molecule has 0 saturated carbocycles. The Morgan fingerprint density at radius 2 is 1.72 bits per heavy atom. The molecule has 0 radical (unpaired) electrons. The Kier molecular flexibility index (Phi) is 6.51. The van der Waals surface area contributed by atoms with Crippen LogP contribution in [0.4, 0.5) is 0 Å². The Bertz CT molecular complexity index is 1510. The number of H-pyrrole nitrogens is 1. The summed E-state index contributed by atoms with van der Waals surface area (Å²) in [5.41, 5.74) is 6.09. The van der Waals surface area contributed by atoms with Crippen molar-refractivity contribution in [2.75, 3.05) is 6.54 Å². The molecule has 3 aromatic carbocycles. The second-order valence-electron chi connectivity index (χ2n) is 8.77. The second-order valence-corrected chi connectivity index (χ2v) is 9.58. The van der Waals surface area contributed by atoms with E-state index in [1.165, 1.54) is 11.1 Å². The third-order valence-electron chi connectivity index (χ3n) is 6.24. The second kappa shape index (κ2) is 9.76. The Morgan fingerprint density at radius 1 is 1.03 bits per heavy atom. The molecule has 9 heteroatoms. The SMILES string of the molecule is Cc1ncn(-c2cc(Cl)c(C(=O)NC[C@@H](c3ccccc3)c3nc4cc(C)c(C)cc4[nH]3)c(Cl)c2)n1. The molecule has 0 saturated heterocycles. The van der Waals surface area contributed by atoms with Gasteiger partial charge in [0.1, 0.15) is 18.0 Å². The monoisotopic (exact) mass is 518 g/mol. The molecule has 1 atom stereocenters. The molecule has 0 unspecified atom stereocenters. The largest absolute Gasteiger partial charge is 0.351 e. The number of aromatic nitrogens is 5. The van der Waals surface area contributed by atoms with E-state index in [1.54, 1.807) is 30.1 Å². The van der Waals surface area contributed by atoms with E-state index in [4.69, 9.17) is 28.2 Å². The maximum atomic E-state index is 13.2. The number of hydrogen-bond acceptors (Lipinski definition) is 4. The van der Waals surface area contributed by atoms with E-state index >= 15 is 0 Å². The van der Waals surface area contributed by atoms with Crippen LogP contribution in [0, 0.1) is 20.8 Å². The van der Waals surface area contributed by atoms with Gasteiger partial charge in [-0.2, -0.15) is 5.10 Å². The maximum Gasteiger partial charge on any atom is 0.254 e. The van der Waals surface area contributed by atoms with Gasteiger partial charge in [-0.15, -0.1) is 0 Å². The van der Waals surface area contributed by atoms with E-state index in [1.807, 2.05) is 30.3 Å². The summed E-state index contributed by atoms with van der Waals surface area (Å²) in [6, 6.07) is 17.4. The number of amides is 1. The van der Waals surface area contributed by atoms with Gasteiger partial charge in [-0.05, 0) is 61.7 Å². The first-order chi connectivity index (χ1) is 17.3. The van der Waals surface area contributed by atoms with Crippen LogP contribution >= 0.6 is 23.2 Å². The summed E-state index contributed by atoms with van der Waals surface area (Å²) in [4.78, 5) is 25.6. The van der Waals surface area contributed by atoms with E-state index in [0.29, 0.717) is 18.1 Å². The van der Waals surface area contributed by atoms with Crippen molar-refractivity contribution in [3.05, 3.63) is 105 Å². The van der Waals surface area contributed by atoms with Crippen LogP contribution in [0.3, 0.4) is 0 Å². The molecule has 2 aromatic heterocycles. The lowest BCUT2D eigenvalue weighted by atomic mass is 9.98. The first kappa shape index (κ1) is 24.0. The molecule has 2 heterocycles. The lowest BCUT2D eigenvalue weighted by molar-refractivity contribution is 0.0952. The van der Waals surface area contributed by atoms with Crippen LogP contribution in [0.2, 0.25) is 10.0 Å². The summed E-state index contributed by atoms with van der Waals surface area (Å²) in [5.74, 6) is 0.829. The lowest BCUT2D eigenvalue weighted by Crippen LogP contribution is -2.30. The summed E-state index contributed by atoms with van der Waals surface area (Å²) in [5, 5.41) is 7.74. The molecule has 0 aliphatic carbocycles. The predicted molar refractivity (Wildman–Crippen MR) is 142 cm³/mol. The van der Waals surface area contributed by atoms with Crippen molar-refractivity contribution in [2.24, 2.45) is 0 Å². The van der Waals surface area contributed by atoms with Crippen LogP contribution in [0.15, 0.2) is 60.9 Å². The van der Waals surface area contributed by atoms with Gasteiger partial charge in [-0.3, -0.25) is 4.79 Å². The Morgan fingerprint density at radius 3 is 2.39 bits per heavy atom. The lowest BCUT2D eigenvalue weighted by Gasteiger charge is -2.17. The number of halogens is 2. The molecule has 0 spiro atoms. The number of hydrogen-bond donors (Lipinski definition) is 2. The summed E-state index contributed by atoms with van der Waals surface area (Å²) in [7, 11) is 0. The van der Waals surface area contributed by atoms with Gasteiger partial charge in [0.15, 0.2) is 0 Å². The van der Waals surface area contributed by atoms with Gasteiger partial charge in [0.05, 0.1) is 38.2 Å². The highest BCUT2D eigenvalue weighted by molar-refractivity contribution is 6.40. The van der Waals surface area contributed by atoms with Crippen molar-refractivity contribution in [3.8, 4) is 5.69 Å². The van der Waals surface area contributed by atoms with Crippen molar-refractivity contribution in [1.82, 2.24) is 30.0 Å². The minimum atomic E-state index is -0.366. The number of imidazole rings is 1. The fraction of sp³-hybridized carbons (Fsp3) is 0.185. The average Bonchev–Trinajstić information content (AvgIpc) is 3.45. The molecule has 0 aliphatic rings. The number of benzene rings is 3. The van der Waals surface area contributed by atoms with Crippen LogP contribution in [0.1, 0.15) is 44.6 Å². The zero-order valence-corrected chi connectivity index (χ0v) is 21.5. The summed E-state index contributed by atoms with van der Waals surface area (Å²) >= 11 is 13.0. The van der Waals surface area contributed by atoms with Crippen LogP contribution in [-0.4, -0.2) is 37.2 Å². The average molecular weight is 519 g/mol. The molecule has 0 bridgehead atoms. The van der Waals surface area contributed by atoms with E-state index in [-0.39, 0.29) is 27.4 Å². The first-order valence-corrected chi connectivity index (χ1v) is 12.2. The van der Waals surface area contributed by atoms with Crippen LogP contribution in [-0.2, 0) is 0 Å². The van der Waals surface area contributed by atoms with Gasteiger partial charge in [-0.1, -0.05) is 53.5 Å². The number of nitrogens with one attached hydrogen (secondary N) is 2. The van der Waals surface area contributed by atoms with Crippen molar-refractivity contribution in [3.63, 3.8) is 0 Å². The maximum absolute atomic E-state index is 13.2. The van der Waals surface area contributed by atoms with Crippen molar-refractivity contribution >= 4 is 40.1 Å². The molecule has 5 rings (SSSR count). The fourth-order valence-electron chi connectivity index (χ4n) is 4.17. The summed E-state index contributed by atoms with van der Waals surface area (Å²) in [6.45, 7) is 6.24. The molecule has 7 nitrogen and oxygen atoms in total. The zero-order valence-electron chi connectivity index (χ0n) is 20.0. The highest BCUT2D eigenvalue weighted by Gasteiger charge is 2.22. The molecule has 182 valence electrons. The van der Waals surface area contributed by atoms with Crippen molar-refractivity contribution < 1.29 is 4.79 Å². The molecular formula is C27H24Cl2N6O. The summed E-state index contributed by atoms with van der Waals surface area (Å²) in [6.07, 6.45) is 1.57. The Hall–Kier alpha value is -3.68. The molecule has 0 fully saturated rings.